The van der Waals surface area contributed by atoms with Crippen LogP contribution in [0.5, 0.6) is 0 Å². The average Bonchev–Trinajstić information content (AvgIpc) is 3.66. The number of fused-ring (bicyclic) bond motifs is 2. The molecule has 0 unspecified atom stereocenters. The van der Waals surface area contributed by atoms with Crippen LogP contribution in [0.15, 0.2) is 66.9 Å². The number of aromatic nitrogens is 2. The van der Waals surface area contributed by atoms with E-state index in [-0.39, 0.29) is 29.3 Å². The van der Waals surface area contributed by atoms with Crippen LogP contribution in [0, 0.1) is 24.6 Å². The molecule has 1 saturated carbocycles. The molecule has 1 aromatic heterocycles. The van der Waals surface area contributed by atoms with Crippen molar-refractivity contribution in [3.63, 3.8) is 0 Å². The fraction of sp³-hybridized carbons (Fsp3) is 0.417. The highest BCUT2D eigenvalue weighted by atomic mass is 19.1. The number of likely N-dealkylation sites (tertiary alicyclic amines) is 1. The molecule has 2 saturated heterocycles. The molecule has 234 valence electrons. The lowest BCUT2D eigenvalue weighted by Gasteiger charge is -2.48. The molecule has 4 aromatic rings. The number of nitrogens with zero attached hydrogens (tertiary/aromatic N) is 3. The lowest BCUT2D eigenvalue weighted by molar-refractivity contribution is -0.125. The van der Waals surface area contributed by atoms with E-state index in [9.17, 15) is 9.59 Å². The third kappa shape index (κ3) is 5.81. The summed E-state index contributed by atoms with van der Waals surface area (Å²) in [7, 11) is 1.87. The Kier molecular flexibility index (Phi) is 8.04. The summed E-state index contributed by atoms with van der Waals surface area (Å²) in [5.74, 6) is -1.35. The Bertz CT molecular complexity index is 1690. The van der Waals surface area contributed by atoms with E-state index in [0.29, 0.717) is 23.7 Å². The maximum absolute atomic E-state index is 15.3. The fourth-order valence-electron chi connectivity index (χ4n) is 7.78. The highest BCUT2D eigenvalue weighted by Gasteiger charge is 2.50. The van der Waals surface area contributed by atoms with Gasteiger partial charge in [0.15, 0.2) is 0 Å². The molecule has 2 amide bonds. The van der Waals surface area contributed by atoms with E-state index < -0.39 is 17.8 Å². The third-order valence-electron chi connectivity index (χ3n) is 9.95. The molecular weight excluding hydrogens is 569 g/mol. The predicted octanol–water partition coefficient (Wildman–Crippen LogP) is 6.62. The number of carbonyl (C=O) groups excluding carboxylic acids is 2. The standard InChI is InChI=1S/C36H40FN5O3/c1-22-5-3-7-30(37)33(22)36(44)42-32-8-4-6-24(32)20-29(35(43)39-28-13-14-31-25(19-28)21-41(2)40-31)34(42)23-9-11-26(12-10-23)38-27-15-17-45-18-16-27/h3,5,7,9-14,19,21,24,27,29,32,34,38H,4,6,8,15-18,20H2,1-2H3,(H,39,43)/t24-,29+,32-,34+/m1/s1. The van der Waals surface area contributed by atoms with Crippen LogP contribution in [-0.4, -0.2) is 51.8 Å². The summed E-state index contributed by atoms with van der Waals surface area (Å²) in [6.45, 7) is 3.27. The van der Waals surface area contributed by atoms with Crippen LogP contribution in [0.3, 0.4) is 0 Å². The molecule has 3 fully saturated rings. The van der Waals surface area contributed by atoms with Crippen LogP contribution in [0.4, 0.5) is 15.8 Å². The van der Waals surface area contributed by atoms with Gasteiger partial charge in [0.05, 0.1) is 23.0 Å². The molecule has 8 nitrogen and oxygen atoms in total. The van der Waals surface area contributed by atoms with Crippen LogP contribution in [0.25, 0.3) is 10.9 Å². The van der Waals surface area contributed by atoms with E-state index in [1.54, 1.807) is 23.7 Å². The SMILES string of the molecule is Cc1cccc(F)c1C(=O)N1[C@@H]2CCC[C@@H]2C[C@H](C(=O)Nc2ccc3nn(C)cc3c2)[C@@H]1c1ccc(NC2CCOCC2)cc1. The van der Waals surface area contributed by atoms with Crippen molar-refractivity contribution in [1.82, 2.24) is 14.7 Å². The zero-order valence-electron chi connectivity index (χ0n) is 25.8. The number of anilines is 2. The first-order valence-corrected chi connectivity index (χ1v) is 16.1. The maximum Gasteiger partial charge on any atom is 0.257 e. The van der Waals surface area contributed by atoms with Crippen molar-refractivity contribution in [1.29, 1.82) is 0 Å². The van der Waals surface area contributed by atoms with Crippen LogP contribution in [-0.2, 0) is 16.6 Å². The van der Waals surface area contributed by atoms with Gasteiger partial charge in [-0.15, -0.1) is 0 Å². The topological polar surface area (TPSA) is 88.5 Å². The van der Waals surface area contributed by atoms with Crippen molar-refractivity contribution in [3.8, 4) is 0 Å². The first-order valence-electron chi connectivity index (χ1n) is 16.1. The molecule has 2 N–H and O–H groups in total. The van der Waals surface area contributed by atoms with Gasteiger partial charge in [0.1, 0.15) is 5.82 Å². The minimum Gasteiger partial charge on any atom is -0.382 e. The quantitative estimate of drug-likeness (QED) is 0.257. The van der Waals surface area contributed by atoms with Gasteiger partial charge in [0, 0.05) is 55.3 Å². The molecule has 4 atom stereocenters. The number of ether oxygens (including phenoxy) is 1. The molecule has 2 aliphatic heterocycles. The zero-order valence-corrected chi connectivity index (χ0v) is 25.8. The van der Waals surface area contributed by atoms with Gasteiger partial charge in [-0.25, -0.2) is 4.39 Å². The zero-order chi connectivity index (χ0) is 31.1. The van der Waals surface area contributed by atoms with Gasteiger partial charge in [0.2, 0.25) is 5.91 Å². The normalized spacial score (nSPS) is 23.6. The Balaban J connectivity index is 1.26. The summed E-state index contributed by atoms with van der Waals surface area (Å²) in [5.41, 5.74) is 4.10. The summed E-state index contributed by atoms with van der Waals surface area (Å²) in [4.78, 5) is 30.6. The number of carbonyl (C=O) groups is 2. The molecule has 3 aliphatic rings. The minimum atomic E-state index is -0.546. The minimum absolute atomic E-state index is 0.0580. The summed E-state index contributed by atoms with van der Waals surface area (Å²) in [6.07, 6.45) is 7.24. The van der Waals surface area contributed by atoms with Crippen molar-refractivity contribution >= 4 is 34.1 Å². The van der Waals surface area contributed by atoms with E-state index in [0.717, 1.165) is 67.5 Å². The highest BCUT2D eigenvalue weighted by molar-refractivity contribution is 5.99. The van der Waals surface area contributed by atoms with E-state index in [1.165, 1.54) is 6.07 Å². The number of hydrogen-bond acceptors (Lipinski definition) is 5. The number of amides is 2. The Hall–Kier alpha value is -4.24. The third-order valence-corrected chi connectivity index (χ3v) is 9.95. The van der Waals surface area contributed by atoms with Gasteiger partial charge >= 0.3 is 0 Å². The Morgan fingerprint density at radius 3 is 2.53 bits per heavy atom. The Morgan fingerprint density at radius 1 is 0.978 bits per heavy atom. The van der Waals surface area contributed by atoms with Crippen molar-refractivity contribution in [2.75, 3.05) is 23.8 Å². The molecule has 45 heavy (non-hydrogen) atoms. The first-order chi connectivity index (χ1) is 21.9. The van der Waals surface area contributed by atoms with Gasteiger partial charge in [-0.3, -0.25) is 14.3 Å². The Labute approximate surface area is 262 Å². The molecule has 0 spiro atoms. The number of nitrogens with one attached hydrogen (secondary N) is 2. The molecule has 7 rings (SSSR count). The second-order valence-electron chi connectivity index (χ2n) is 12.9. The van der Waals surface area contributed by atoms with Crippen molar-refractivity contribution in [3.05, 3.63) is 89.4 Å². The number of piperidine rings is 1. The van der Waals surface area contributed by atoms with E-state index >= 15 is 4.39 Å². The second-order valence-corrected chi connectivity index (χ2v) is 12.9. The number of aryl methyl sites for hydroxylation is 2. The summed E-state index contributed by atoms with van der Waals surface area (Å²) in [6, 6.07) is 18.3. The molecule has 0 bridgehead atoms. The summed E-state index contributed by atoms with van der Waals surface area (Å²) >= 11 is 0. The molecule has 1 aliphatic carbocycles. The van der Waals surface area contributed by atoms with E-state index in [2.05, 4.69) is 15.7 Å². The molecule has 9 heteroatoms. The van der Waals surface area contributed by atoms with Gasteiger partial charge in [-0.05, 0) is 92.5 Å². The maximum atomic E-state index is 15.3. The monoisotopic (exact) mass is 609 g/mol. The average molecular weight is 610 g/mol. The number of rotatable bonds is 6. The number of benzene rings is 3. The lowest BCUT2D eigenvalue weighted by atomic mass is 9.76. The van der Waals surface area contributed by atoms with E-state index in [1.807, 2.05) is 60.6 Å². The van der Waals surface area contributed by atoms with Crippen LogP contribution in [0.2, 0.25) is 0 Å². The molecule has 0 radical (unpaired) electrons. The van der Waals surface area contributed by atoms with Crippen molar-refractivity contribution in [2.45, 2.75) is 63.6 Å². The number of halogens is 1. The fourth-order valence-corrected chi connectivity index (χ4v) is 7.78. The molecule has 3 heterocycles. The van der Waals surface area contributed by atoms with Gasteiger partial charge in [0.25, 0.3) is 5.91 Å². The van der Waals surface area contributed by atoms with Crippen molar-refractivity contribution < 1.29 is 18.7 Å². The summed E-state index contributed by atoms with van der Waals surface area (Å²) in [5, 5.41) is 12.2. The second kappa shape index (κ2) is 12.3. The first kappa shape index (κ1) is 29.5. The largest absolute Gasteiger partial charge is 0.382 e. The lowest BCUT2D eigenvalue weighted by Crippen LogP contribution is -2.54. The van der Waals surface area contributed by atoms with Gasteiger partial charge in [-0.1, -0.05) is 30.7 Å². The number of hydrogen-bond donors (Lipinski definition) is 2. The summed E-state index contributed by atoms with van der Waals surface area (Å²) < 4.78 is 22.6. The predicted molar refractivity (Wildman–Crippen MR) is 173 cm³/mol. The molecular formula is C36H40FN5O3. The van der Waals surface area contributed by atoms with Crippen LogP contribution < -0.4 is 10.6 Å². The van der Waals surface area contributed by atoms with Gasteiger partial charge in [-0.2, -0.15) is 5.10 Å². The van der Waals surface area contributed by atoms with E-state index in [4.69, 9.17) is 4.74 Å². The highest BCUT2D eigenvalue weighted by Crippen LogP contribution is 2.49. The Morgan fingerprint density at radius 2 is 1.76 bits per heavy atom. The smallest absolute Gasteiger partial charge is 0.257 e. The van der Waals surface area contributed by atoms with Crippen molar-refractivity contribution in [2.24, 2.45) is 18.9 Å². The molecule has 3 aromatic carbocycles. The van der Waals surface area contributed by atoms with Gasteiger partial charge < -0.3 is 20.3 Å². The van der Waals surface area contributed by atoms with Crippen LogP contribution in [0.1, 0.15) is 66.1 Å². The van der Waals surface area contributed by atoms with Crippen LogP contribution >= 0.6 is 0 Å².